The molecule has 2 aromatic heterocycles. The third kappa shape index (κ3) is 4.09. The molecule has 0 fully saturated rings. The van der Waals surface area contributed by atoms with Crippen molar-refractivity contribution in [2.45, 2.75) is 6.18 Å². The quantitative estimate of drug-likeness (QED) is 0.389. The van der Waals surface area contributed by atoms with E-state index in [2.05, 4.69) is 15.4 Å². The van der Waals surface area contributed by atoms with Crippen LogP contribution in [0.25, 0.3) is 16.9 Å². The molecule has 0 aliphatic rings. The van der Waals surface area contributed by atoms with Crippen LogP contribution in [0.3, 0.4) is 0 Å². The molecule has 0 aliphatic carbocycles. The van der Waals surface area contributed by atoms with Gasteiger partial charge in [0.25, 0.3) is 5.91 Å². The van der Waals surface area contributed by atoms with Crippen LogP contribution in [0.4, 0.5) is 18.9 Å². The number of halogens is 5. The Balaban J connectivity index is 1.84. The normalized spacial score (nSPS) is 11.6. The molecule has 0 saturated heterocycles. The van der Waals surface area contributed by atoms with Crippen LogP contribution in [0.15, 0.2) is 54.6 Å². The minimum absolute atomic E-state index is 0.0377. The van der Waals surface area contributed by atoms with Gasteiger partial charge in [-0.15, -0.1) is 0 Å². The lowest BCUT2D eigenvalue weighted by Gasteiger charge is -2.11. The molecule has 2 heterocycles. The second kappa shape index (κ2) is 8.33. The number of nitrogens with one attached hydrogen (secondary N) is 1. The lowest BCUT2D eigenvalue weighted by molar-refractivity contribution is -0.142. The van der Waals surface area contributed by atoms with Crippen LogP contribution in [-0.2, 0) is 6.18 Å². The standard InChI is InChI=1S/C21H13Cl2F3N4O2/c1-32-15-8-7-12(22)9-14(15)28-20(31)18-17(23)19-27-13(11-5-3-2-4-6-11)10-16(21(24,25)26)30(19)29-18/h2-10H,1H3,(H,28,31). The minimum Gasteiger partial charge on any atom is -0.495 e. The summed E-state index contributed by atoms with van der Waals surface area (Å²) in [5.41, 5.74) is -1.17. The van der Waals surface area contributed by atoms with E-state index < -0.39 is 23.5 Å². The first-order chi connectivity index (χ1) is 15.2. The van der Waals surface area contributed by atoms with Crippen molar-refractivity contribution in [3.8, 4) is 17.0 Å². The van der Waals surface area contributed by atoms with Crippen LogP contribution >= 0.6 is 23.2 Å². The average molecular weight is 481 g/mol. The molecule has 0 atom stereocenters. The highest BCUT2D eigenvalue weighted by molar-refractivity contribution is 6.37. The third-order valence-corrected chi connectivity index (χ3v) is 5.10. The zero-order valence-corrected chi connectivity index (χ0v) is 17.8. The lowest BCUT2D eigenvalue weighted by atomic mass is 10.1. The maximum absolute atomic E-state index is 13.8. The van der Waals surface area contributed by atoms with E-state index in [1.165, 1.54) is 19.2 Å². The molecule has 1 N–H and O–H groups in total. The monoisotopic (exact) mass is 480 g/mol. The Bertz CT molecular complexity index is 1320. The van der Waals surface area contributed by atoms with Crippen molar-refractivity contribution in [1.29, 1.82) is 0 Å². The Hall–Kier alpha value is -3.30. The van der Waals surface area contributed by atoms with Crippen molar-refractivity contribution in [3.05, 3.63) is 76.0 Å². The largest absolute Gasteiger partial charge is 0.495 e. The fraction of sp³-hybridized carbons (Fsp3) is 0.0952. The highest BCUT2D eigenvalue weighted by atomic mass is 35.5. The molecule has 4 aromatic rings. The molecule has 0 saturated carbocycles. The molecular formula is C21H13Cl2F3N4O2. The van der Waals surface area contributed by atoms with E-state index in [-0.39, 0.29) is 22.1 Å². The van der Waals surface area contributed by atoms with Gasteiger partial charge in [0.2, 0.25) is 0 Å². The van der Waals surface area contributed by atoms with Crippen molar-refractivity contribution in [2.75, 3.05) is 12.4 Å². The molecule has 4 rings (SSSR count). The van der Waals surface area contributed by atoms with Crippen molar-refractivity contribution in [3.63, 3.8) is 0 Å². The van der Waals surface area contributed by atoms with E-state index in [1.807, 2.05) is 0 Å². The summed E-state index contributed by atoms with van der Waals surface area (Å²) in [6.07, 6.45) is -4.77. The van der Waals surface area contributed by atoms with Gasteiger partial charge in [0.05, 0.1) is 18.5 Å². The number of hydrogen-bond acceptors (Lipinski definition) is 4. The van der Waals surface area contributed by atoms with E-state index >= 15 is 0 Å². The number of benzene rings is 2. The highest BCUT2D eigenvalue weighted by Gasteiger charge is 2.36. The van der Waals surface area contributed by atoms with Crippen LogP contribution in [0, 0.1) is 0 Å². The maximum atomic E-state index is 13.8. The van der Waals surface area contributed by atoms with Gasteiger partial charge in [-0.3, -0.25) is 4.79 Å². The number of anilines is 1. The van der Waals surface area contributed by atoms with Gasteiger partial charge in [0.1, 0.15) is 10.8 Å². The summed E-state index contributed by atoms with van der Waals surface area (Å²) in [6.45, 7) is 0. The molecule has 164 valence electrons. The van der Waals surface area contributed by atoms with Crippen LogP contribution in [-0.4, -0.2) is 27.6 Å². The Morgan fingerprint density at radius 1 is 1.09 bits per heavy atom. The summed E-state index contributed by atoms with van der Waals surface area (Å²) >= 11 is 12.2. The van der Waals surface area contributed by atoms with Crippen LogP contribution in [0.2, 0.25) is 10.0 Å². The Labute approximate surface area is 189 Å². The fourth-order valence-corrected chi connectivity index (χ4v) is 3.47. The number of carbonyl (C=O) groups is 1. The van der Waals surface area contributed by atoms with E-state index in [0.717, 1.165) is 6.07 Å². The van der Waals surface area contributed by atoms with Crippen LogP contribution in [0.1, 0.15) is 16.2 Å². The predicted molar refractivity (Wildman–Crippen MR) is 114 cm³/mol. The molecule has 0 bridgehead atoms. The predicted octanol–water partition coefficient (Wildman–Crippen LogP) is 5.98. The van der Waals surface area contributed by atoms with Gasteiger partial charge in [0, 0.05) is 10.6 Å². The molecule has 2 aromatic carbocycles. The number of alkyl halides is 3. The van der Waals surface area contributed by atoms with E-state index in [4.69, 9.17) is 27.9 Å². The lowest BCUT2D eigenvalue weighted by Crippen LogP contribution is -2.16. The first-order valence-electron chi connectivity index (χ1n) is 9.06. The van der Waals surface area contributed by atoms with Gasteiger partial charge >= 0.3 is 6.18 Å². The molecule has 32 heavy (non-hydrogen) atoms. The first-order valence-corrected chi connectivity index (χ1v) is 9.81. The average Bonchev–Trinajstić information content (AvgIpc) is 3.10. The molecule has 0 aliphatic heterocycles. The van der Waals surface area contributed by atoms with Crippen molar-refractivity contribution < 1.29 is 22.7 Å². The smallest absolute Gasteiger partial charge is 0.433 e. The maximum Gasteiger partial charge on any atom is 0.433 e. The Kier molecular flexibility index (Phi) is 5.70. The zero-order valence-electron chi connectivity index (χ0n) is 16.2. The van der Waals surface area contributed by atoms with Gasteiger partial charge < -0.3 is 10.1 Å². The number of aromatic nitrogens is 3. The SMILES string of the molecule is COc1ccc(Cl)cc1NC(=O)c1nn2c(C(F)(F)F)cc(-c3ccccc3)nc2c1Cl. The third-order valence-electron chi connectivity index (χ3n) is 4.52. The highest BCUT2D eigenvalue weighted by Crippen LogP contribution is 2.35. The number of methoxy groups -OCH3 is 1. The van der Waals surface area contributed by atoms with Crippen LogP contribution < -0.4 is 10.1 Å². The second-order valence-corrected chi connectivity index (χ2v) is 7.40. The summed E-state index contributed by atoms with van der Waals surface area (Å²) in [5.74, 6) is -0.557. The zero-order chi connectivity index (χ0) is 23.0. The summed E-state index contributed by atoms with van der Waals surface area (Å²) < 4.78 is 47.0. The number of carbonyl (C=O) groups excluding carboxylic acids is 1. The van der Waals surface area contributed by atoms with E-state index in [0.29, 0.717) is 20.9 Å². The van der Waals surface area contributed by atoms with Crippen molar-refractivity contribution in [1.82, 2.24) is 14.6 Å². The van der Waals surface area contributed by atoms with Gasteiger partial charge in [-0.2, -0.15) is 18.3 Å². The number of amides is 1. The topological polar surface area (TPSA) is 68.5 Å². The summed E-state index contributed by atoms with van der Waals surface area (Å²) in [4.78, 5) is 17.0. The van der Waals surface area contributed by atoms with Crippen molar-refractivity contribution >= 4 is 40.4 Å². The van der Waals surface area contributed by atoms with Gasteiger partial charge in [-0.25, -0.2) is 9.50 Å². The number of rotatable bonds is 4. The number of fused-ring (bicyclic) bond motifs is 1. The Morgan fingerprint density at radius 2 is 1.81 bits per heavy atom. The molecule has 1 amide bonds. The van der Waals surface area contributed by atoms with Gasteiger partial charge in [-0.1, -0.05) is 53.5 Å². The number of hydrogen-bond donors (Lipinski definition) is 1. The van der Waals surface area contributed by atoms with Crippen LogP contribution in [0.5, 0.6) is 5.75 Å². The Morgan fingerprint density at radius 3 is 2.47 bits per heavy atom. The number of ether oxygens (including phenoxy) is 1. The summed E-state index contributed by atoms with van der Waals surface area (Å²) in [6, 6.07) is 13.7. The number of nitrogens with zero attached hydrogens (tertiary/aromatic N) is 3. The van der Waals surface area contributed by atoms with Gasteiger partial charge in [-0.05, 0) is 24.3 Å². The molecule has 0 radical (unpaired) electrons. The molecule has 11 heteroatoms. The molecule has 6 nitrogen and oxygen atoms in total. The summed E-state index contributed by atoms with van der Waals surface area (Å²) in [7, 11) is 1.39. The summed E-state index contributed by atoms with van der Waals surface area (Å²) in [5, 5.41) is 6.30. The van der Waals surface area contributed by atoms with E-state index in [1.54, 1.807) is 36.4 Å². The molecular weight excluding hydrogens is 468 g/mol. The molecule has 0 unspecified atom stereocenters. The first kappa shape index (κ1) is 21.9. The van der Waals surface area contributed by atoms with E-state index in [9.17, 15) is 18.0 Å². The van der Waals surface area contributed by atoms with Gasteiger partial charge in [0.15, 0.2) is 17.0 Å². The second-order valence-electron chi connectivity index (χ2n) is 6.59. The molecule has 0 spiro atoms. The fourth-order valence-electron chi connectivity index (χ4n) is 3.05. The minimum atomic E-state index is -4.77. The van der Waals surface area contributed by atoms with Crippen molar-refractivity contribution in [2.24, 2.45) is 0 Å².